The summed E-state index contributed by atoms with van der Waals surface area (Å²) in [7, 11) is 0. The van der Waals surface area contributed by atoms with Crippen molar-refractivity contribution in [3.63, 3.8) is 0 Å². The number of hydrogen-bond donors (Lipinski definition) is 1. The highest BCUT2D eigenvalue weighted by Crippen LogP contribution is 2.20. The lowest BCUT2D eigenvalue weighted by Crippen LogP contribution is -2.42. The maximum Gasteiger partial charge on any atom is 0.274 e. The molecule has 1 aliphatic rings. The number of halogens is 1. The van der Waals surface area contributed by atoms with E-state index in [1.54, 1.807) is 4.90 Å². The van der Waals surface area contributed by atoms with Gasteiger partial charge in [0.15, 0.2) is 5.69 Å². The van der Waals surface area contributed by atoms with Crippen molar-refractivity contribution < 1.29 is 9.90 Å². The molecule has 0 unspecified atom stereocenters. The van der Waals surface area contributed by atoms with Gasteiger partial charge >= 0.3 is 0 Å². The Morgan fingerprint density at radius 2 is 2.32 bits per heavy atom. The van der Waals surface area contributed by atoms with Gasteiger partial charge in [0.25, 0.3) is 5.91 Å². The largest absolute Gasteiger partial charge is 0.391 e. The van der Waals surface area contributed by atoms with Gasteiger partial charge in [-0.3, -0.25) is 4.79 Å². The maximum absolute atomic E-state index is 12.4. The molecule has 0 saturated carbocycles. The molecule has 1 aliphatic heterocycles. The van der Waals surface area contributed by atoms with Crippen LogP contribution in [-0.2, 0) is 0 Å². The molecular formula is C13H18ClN3O2. The monoisotopic (exact) mass is 283 g/mol. The molecule has 1 aromatic heterocycles. The van der Waals surface area contributed by atoms with Gasteiger partial charge in [-0.25, -0.2) is 9.97 Å². The number of aliphatic hydroxyl groups excluding tert-OH is 1. The van der Waals surface area contributed by atoms with E-state index in [-0.39, 0.29) is 22.5 Å². The number of rotatable bonds is 2. The molecule has 1 amide bonds. The minimum Gasteiger partial charge on any atom is -0.391 e. The summed E-state index contributed by atoms with van der Waals surface area (Å²) in [4.78, 5) is 22.4. The first-order valence-corrected chi connectivity index (χ1v) is 6.86. The molecule has 6 heteroatoms. The molecule has 0 bridgehead atoms. The van der Waals surface area contributed by atoms with Crippen LogP contribution >= 0.6 is 11.6 Å². The summed E-state index contributed by atoms with van der Waals surface area (Å²) in [5.41, 5.74) is 0.231. The third-order valence-corrected chi connectivity index (χ3v) is 3.44. The van der Waals surface area contributed by atoms with E-state index in [0.29, 0.717) is 18.9 Å². The van der Waals surface area contributed by atoms with E-state index >= 15 is 0 Å². The Morgan fingerprint density at radius 3 is 2.95 bits per heavy atom. The predicted octanol–water partition coefficient (Wildman–Crippen LogP) is 1.85. The van der Waals surface area contributed by atoms with Gasteiger partial charge < -0.3 is 10.0 Å². The fourth-order valence-corrected chi connectivity index (χ4v) is 2.27. The van der Waals surface area contributed by atoms with Gasteiger partial charge in [-0.05, 0) is 12.8 Å². The Morgan fingerprint density at radius 1 is 1.58 bits per heavy atom. The predicted molar refractivity (Wildman–Crippen MR) is 72.3 cm³/mol. The molecule has 2 rings (SSSR count). The molecule has 1 saturated heterocycles. The van der Waals surface area contributed by atoms with Crippen LogP contribution in [0.2, 0.25) is 5.02 Å². The SMILES string of the molecule is CC(C)c1ncc(Cl)c(C(=O)N2CCC[C@H](O)C2)n1. The van der Waals surface area contributed by atoms with Crippen LogP contribution in [0.3, 0.4) is 0 Å². The molecule has 0 radical (unpaired) electrons. The Hall–Kier alpha value is -1.20. The van der Waals surface area contributed by atoms with Crippen LogP contribution in [0.5, 0.6) is 0 Å². The molecule has 0 aliphatic carbocycles. The highest BCUT2D eigenvalue weighted by Gasteiger charge is 2.26. The van der Waals surface area contributed by atoms with E-state index in [1.165, 1.54) is 6.20 Å². The second-order valence-electron chi connectivity index (χ2n) is 5.13. The summed E-state index contributed by atoms with van der Waals surface area (Å²) < 4.78 is 0. The minimum atomic E-state index is -0.456. The van der Waals surface area contributed by atoms with Crippen molar-refractivity contribution in [2.75, 3.05) is 13.1 Å². The summed E-state index contributed by atoms with van der Waals surface area (Å²) in [5.74, 6) is 0.508. The number of likely N-dealkylation sites (tertiary alicyclic amines) is 1. The number of aliphatic hydroxyl groups is 1. The lowest BCUT2D eigenvalue weighted by molar-refractivity contribution is 0.0468. The van der Waals surface area contributed by atoms with Crippen molar-refractivity contribution in [2.24, 2.45) is 0 Å². The molecule has 1 aromatic rings. The minimum absolute atomic E-state index is 0.135. The van der Waals surface area contributed by atoms with Crippen molar-refractivity contribution >= 4 is 17.5 Å². The molecule has 0 spiro atoms. The summed E-state index contributed by atoms with van der Waals surface area (Å²) in [5, 5.41) is 9.89. The van der Waals surface area contributed by atoms with Crippen LogP contribution in [0.15, 0.2) is 6.20 Å². The Bertz CT molecular complexity index is 479. The number of nitrogens with zero attached hydrogens (tertiary/aromatic N) is 3. The zero-order valence-electron chi connectivity index (χ0n) is 11.1. The Labute approximate surface area is 117 Å². The zero-order chi connectivity index (χ0) is 14.0. The van der Waals surface area contributed by atoms with Gasteiger partial charge in [-0.2, -0.15) is 0 Å². The van der Waals surface area contributed by atoms with Gasteiger partial charge in [-0.15, -0.1) is 0 Å². The van der Waals surface area contributed by atoms with Gasteiger partial charge in [0.2, 0.25) is 0 Å². The highest BCUT2D eigenvalue weighted by molar-refractivity contribution is 6.33. The van der Waals surface area contributed by atoms with Crippen molar-refractivity contribution in [2.45, 2.75) is 38.7 Å². The van der Waals surface area contributed by atoms with E-state index in [2.05, 4.69) is 9.97 Å². The van der Waals surface area contributed by atoms with Gasteiger partial charge in [0.05, 0.1) is 17.3 Å². The van der Waals surface area contributed by atoms with Crippen molar-refractivity contribution in [1.82, 2.24) is 14.9 Å². The first-order chi connectivity index (χ1) is 8.99. The first-order valence-electron chi connectivity index (χ1n) is 6.48. The fraction of sp³-hybridized carbons (Fsp3) is 0.615. The molecule has 1 atom stereocenters. The molecule has 104 valence electrons. The van der Waals surface area contributed by atoms with Gasteiger partial charge in [0.1, 0.15) is 5.82 Å². The van der Waals surface area contributed by atoms with E-state index in [0.717, 1.165) is 12.8 Å². The third-order valence-electron chi connectivity index (χ3n) is 3.17. The van der Waals surface area contributed by atoms with E-state index in [1.807, 2.05) is 13.8 Å². The van der Waals surface area contributed by atoms with Crippen LogP contribution in [0, 0.1) is 0 Å². The quantitative estimate of drug-likeness (QED) is 0.899. The molecule has 2 heterocycles. The number of piperidine rings is 1. The Kier molecular flexibility index (Phi) is 4.37. The average Bonchev–Trinajstić information content (AvgIpc) is 2.38. The molecule has 1 N–H and O–H groups in total. The van der Waals surface area contributed by atoms with Crippen molar-refractivity contribution in [3.05, 3.63) is 22.7 Å². The first kappa shape index (κ1) is 14.2. The lowest BCUT2D eigenvalue weighted by atomic mass is 10.1. The molecule has 19 heavy (non-hydrogen) atoms. The summed E-state index contributed by atoms with van der Waals surface area (Å²) in [6.45, 7) is 4.90. The maximum atomic E-state index is 12.4. The Balaban J connectivity index is 2.24. The summed E-state index contributed by atoms with van der Waals surface area (Å²) in [6.07, 6.45) is 2.55. The topological polar surface area (TPSA) is 66.3 Å². The van der Waals surface area contributed by atoms with E-state index in [4.69, 9.17) is 11.6 Å². The molecular weight excluding hydrogens is 266 g/mol. The van der Waals surface area contributed by atoms with Gasteiger partial charge in [-0.1, -0.05) is 25.4 Å². The highest BCUT2D eigenvalue weighted by atomic mass is 35.5. The number of amides is 1. The van der Waals surface area contributed by atoms with Crippen molar-refractivity contribution in [3.8, 4) is 0 Å². The number of carbonyl (C=O) groups excluding carboxylic acids is 1. The van der Waals surface area contributed by atoms with E-state index in [9.17, 15) is 9.90 Å². The number of hydrogen-bond acceptors (Lipinski definition) is 4. The number of carbonyl (C=O) groups is 1. The number of β-amino-alcohol motifs (C(OH)–C–C–N with tert-alkyl or cyclic N) is 1. The number of aromatic nitrogens is 2. The average molecular weight is 284 g/mol. The summed E-state index contributed by atoms with van der Waals surface area (Å²) in [6, 6.07) is 0. The second-order valence-corrected chi connectivity index (χ2v) is 5.53. The van der Waals surface area contributed by atoms with Crippen LogP contribution < -0.4 is 0 Å². The standard InChI is InChI=1S/C13H18ClN3O2/c1-8(2)12-15-6-10(14)11(16-12)13(19)17-5-3-4-9(18)7-17/h6,8-9,18H,3-5,7H2,1-2H3/t9-/m0/s1. The molecule has 1 fully saturated rings. The molecule has 0 aromatic carbocycles. The van der Waals surface area contributed by atoms with Crippen LogP contribution in [0.1, 0.15) is 48.9 Å². The third kappa shape index (κ3) is 3.22. The second kappa shape index (κ2) is 5.84. The van der Waals surface area contributed by atoms with Crippen LogP contribution in [-0.4, -0.2) is 45.1 Å². The summed E-state index contributed by atoms with van der Waals surface area (Å²) >= 11 is 6.02. The zero-order valence-corrected chi connectivity index (χ0v) is 11.9. The van der Waals surface area contributed by atoms with Crippen LogP contribution in [0.4, 0.5) is 0 Å². The molecule has 5 nitrogen and oxygen atoms in total. The van der Waals surface area contributed by atoms with Gasteiger partial charge in [0, 0.05) is 19.0 Å². The normalized spacial score (nSPS) is 19.8. The fourth-order valence-electron chi connectivity index (χ4n) is 2.10. The lowest BCUT2D eigenvalue weighted by Gasteiger charge is -2.30. The van der Waals surface area contributed by atoms with Crippen LogP contribution in [0.25, 0.3) is 0 Å². The van der Waals surface area contributed by atoms with Crippen molar-refractivity contribution in [1.29, 1.82) is 0 Å². The smallest absolute Gasteiger partial charge is 0.274 e. The van der Waals surface area contributed by atoms with E-state index < -0.39 is 6.10 Å².